The number of benzene rings is 2. The topological polar surface area (TPSA) is 78.8 Å². The molecule has 0 saturated carbocycles. The van der Waals surface area contributed by atoms with Gasteiger partial charge in [-0.15, -0.1) is 0 Å². The highest BCUT2D eigenvalue weighted by Gasteiger charge is 2.14. The highest BCUT2D eigenvalue weighted by Crippen LogP contribution is 2.26. The molecule has 1 atom stereocenters. The average Bonchev–Trinajstić information content (AvgIpc) is 3.19. The summed E-state index contributed by atoms with van der Waals surface area (Å²) in [6, 6.07) is 11.9. The van der Waals surface area contributed by atoms with Crippen LogP contribution in [0, 0.1) is 6.92 Å². The number of halogens is 1. The van der Waals surface area contributed by atoms with Gasteiger partial charge in [0.1, 0.15) is 5.82 Å². The number of hydrogen-bond acceptors (Lipinski definition) is 4. The van der Waals surface area contributed by atoms with E-state index in [0.717, 1.165) is 50.8 Å². The molecule has 1 aromatic heterocycles. The van der Waals surface area contributed by atoms with E-state index >= 15 is 0 Å². The molecule has 0 spiro atoms. The maximum absolute atomic E-state index is 6.17. The van der Waals surface area contributed by atoms with Crippen LogP contribution in [0.2, 0.25) is 5.02 Å². The number of hydrogen-bond donors (Lipinski definition) is 4. The second-order valence-corrected chi connectivity index (χ2v) is 8.23. The molecule has 0 aliphatic carbocycles. The zero-order valence-electron chi connectivity index (χ0n) is 18.8. The lowest BCUT2D eigenvalue weighted by molar-refractivity contribution is 0.687. The summed E-state index contributed by atoms with van der Waals surface area (Å²) in [4.78, 5) is 8.26. The van der Waals surface area contributed by atoms with Crippen molar-refractivity contribution < 1.29 is 0 Å². The van der Waals surface area contributed by atoms with Gasteiger partial charge >= 0.3 is 0 Å². The van der Waals surface area contributed by atoms with Crippen LogP contribution in [0.1, 0.15) is 35.4 Å². The Kier molecular flexibility index (Phi) is 7.44. The normalized spacial score (nSPS) is 13.1. The third kappa shape index (κ3) is 5.24. The molecule has 0 radical (unpaired) electrons. The number of aromatic nitrogens is 2. The van der Waals surface area contributed by atoms with Crippen LogP contribution in [-0.4, -0.2) is 23.6 Å². The van der Waals surface area contributed by atoms with E-state index in [-0.39, 0.29) is 5.92 Å². The third-order valence-electron chi connectivity index (χ3n) is 5.33. The van der Waals surface area contributed by atoms with Crippen molar-refractivity contribution in [2.45, 2.75) is 19.8 Å². The van der Waals surface area contributed by atoms with Gasteiger partial charge in [0, 0.05) is 35.6 Å². The first-order valence-corrected chi connectivity index (χ1v) is 10.9. The van der Waals surface area contributed by atoms with E-state index in [1.54, 1.807) is 0 Å². The van der Waals surface area contributed by atoms with Crippen molar-refractivity contribution in [3.8, 4) is 0 Å². The Labute approximate surface area is 194 Å². The highest BCUT2D eigenvalue weighted by atomic mass is 35.5. The van der Waals surface area contributed by atoms with Gasteiger partial charge in [-0.05, 0) is 66.1 Å². The molecule has 166 valence electrons. The summed E-state index contributed by atoms with van der Waals surface area (Å²) in [7, 11) is 1.86. The first kappa shape index (κ1) is 23.2. The van der Waals surface area contributed by atoms with Gasteiger partial charge in [0.2, 0.25) is 0 Å². The molecule has 0 bridgehead atoms. The van der Waals surface area contributed by atoms with E-state index in [4.69, 9.17) is 22.3 Å². The molecule has 32 heavy (non-hydrogen) atoms. The smallest absolute Gasteiger partial charge is 0.140 e. The minimum Gasteiger partial charge on any atom is -0.399 e. The molecule has 1 heterocycles. The number of nitrogens with one attached hydrogen (secondary N) is 3. The Bertz CT molecular complexity index is 1200. The molecule has 5 nitrogen and oxygen atoms in total. The van der Waals surface area contributed by atoms with Crippen molar-refractivity contribution in [1.82, 2.24) is 20.6 Å². The fraction of sp³-hybridized carbons (Fsp3) is 0.192. The predicted octanol–water partition coefficient (Wildman–Crippen LogP) is 5.48. The maximum atomic E-state index is 6.17. The Morgan fingerprint density at radius 2 is 2.09 bits per heavy atom. The molecule has 0 aliphatic heterocycles. The summed E-state index contributed by atoms with van der Waals surface area (Å²) >= 11 is 6.17. The Morgan fingerprint density at radius 1 is 1.31 bits per heavy atom. The van der Waals surface area contributed by atoms with Gasteiger partial charge in [0.15, 0.2) is 0 Å². The summed E-state index contributed by atoms with van der Waals surface area (Å²) in [6.45, 7) is 12.8. The summed E-state index contributed by atoms with van der Waals surface area (Å²) in [5.74, 6) is 0.991. The number of allylic oxidation sites excluding steroid dienone is 3. The van der Waals surface area contributed by atoms with Crippen LogP contribution in [0.15, 0.2) is 73.6 Å². The molecule has 3 rings (SSSR count). The number of rotatable bonds is 9. The van der Waals surface area contributed by atoms with E-state index in [9.17, 15) is 0 Å². The summed E-state index contributed by atoms with van der Waals surface area (Å²) < 4.78 is 0. The zero-order valence-corrected chi connectivity index (χ0v) is 19.6. The first-order valence-electron chi connectivity index (χ1n) is 10.5. The van der Waals surface area contributed by atoms with Gasteiger partial charge in [-0.1, -0.05) is 49.9 Å². The minimum absolute atomic E-state index is 0.258. The van der Waals surface area contributed by atoms with Crippen LogP contribution in [0.4, 0.5) is 0 Å². The number of nitrogens with zero attached hydrogens (tertiary/aromatic N) is 1. The minimum atomic E-state index is 0.258. The number of aryl methyl sites for hydroxylation is 1. The summed E-state index contributed by atoms with van der Waals surface area (Å²) in [5.41, 5.74) is 13.1. The zero-order chi connectivity index (χ0) is 23.3. The van der Waals surface area contributed by atoms with Gasteiger partial charge in [0.05, 0.1) is 11.0 Å². The third-order valence-corrected chi connectivity index (χ3v) is 5.57. The molecule has 6 heteroatoms. The monoisotopic (exact) mass is 447 g/mol. The molecular formula is C26H30ClN5. The van der Waals surface area contributed by atoms with E-state index in [1.165, 1.54) is 5.56 Å². The lowest BCUT2D eigenvalue weighted by Crippen LogP contribution is -2.20. The summed E-state index contributed by atoms with van der Waals surface area (Å²) in [5, 5.41) is 7.35. The fourth-order valence-corrected chi connectivity index (χ4v) is 3.74. The number of imidazole rings is 1. The molecule has 0 fully saturated rings. The average molecular weight is 448 g/mol. The molecule has 5 N–H and O–H groups in total. The molecule has 3 aromatic rings. The van der Waals surface area contributed by atoms with Crippen molar-refractivity contribution >= 4 is 33.9 Å². The highest BCUT2D eigenvalue weighted by molar-refractivity contribution is 6.30. The van der Waals surface area contributed by atoms with Crippen LogP contribution >= 0.6 is 11.6 Å². The Morgan fingerprint density at radius 3 is 2.75 bits per heavy atom. The van der Waals surface area contributed by atoms with Crippen molar-refractivity contribution in [2.75, 3.05) is 13.6 Å². The van der Waals surface area contributed by atoms with Gasteiger partial charge < -0.3 is 21.4 Å². The van der Waals surface area contributed by atoms with Gasteiger partial charge in [-0.2, -0.15) is 0 Å². The molecule has 0 amide bonds. The number of aromatic amines is 1. The van der Waals surface area contributed by atoms with Gasteiger partial charge in [-0.25, -0.2) is 4.98 Å². The Balaban J connectivity index is 1.98. The molecule has 0 aliphatic rings. The quantitative estimate of drug-likeness (QED) is 0.327. The van der Waals surface area contributed by atoms with Crippen LogP contribution in [0.5, 0.6) is 0 Å². The SMILES string of the molecule is C=C/C(=C(\C=C/NC)NCC(C)c1cccc(Cl)c1)c1nc2c(C)cc(C(=C)N)cc2[nH]1. The fourth-order valence-electron chi connectivity index (χ4n) is 3.54. The largest absolute Gasteiger partial charge is 0.399 e. The molecule has 1 unspecified atom stereocenters. The van der Waals surface area contributed by atoms with Crippen molar-refractivity contribution in [2.24, 2.45) is 5.73 Å². The van der Waals surface area contributed by atoms with E-state index in [2.05, 4.69) is 41.8 Å². The van der Waals surface area contributed by atoms with Crippen LogP contribution < -0.4 is 16.4 Å². The standard InChI is InChI=1S/C26H30ClN5/c1-6-22(26-31-24-14-20(18(4)28)12-16(2)25(24)32-26)23(10-11-29-5)30-15-17(3)19-8-7-9-21(27)13-19/h6-14,17,29-30H,1,4,15,28H2,2-3,5H3,(H,31,32)/b11-10-,23-22-. The van der Waals surface area contributed by atoms with E-state index in [0.29, 0.717) is 5.70 Å². The summed E-state index contributed by atoms with van der Waals surface area (Å²) in [6.07, 6.45) is 5.66. The van der Waals surface area contributed by atoms with Crippen molar-refractivity contribution in [3.05, 3.63) is 101 Å². The van der Waals surface area contributed by atoms with Crippen LogP contribution in [0.3, 0.4) is 0 Å². The van der Waals surface area contributed by atoms with Crippen LogP contribution in [0.25, 0.3) is 22.3 Å². The second kappa shape index (κ2) is 10.2. The van der Waals surface area contributed by atoms with E-state index < -0.39 is 0 Å². The van der Waals surface area contributed by atoms with E-state index in [1.807, 2.05) is 62.7 Å². The van der Waals surface area contributed by atoms with Crippen LogP contribution in [-0.2, 0) is 0 Å². The van der Waals surface area contributed by atoms with Crippen molar-refractivity contribution in [3.63, 3.8) is 0 Å². The number of H-pyrrole nitrogens is 1. The lowest BCUT2D eigenvalue weighted by Gasteiger charge is -2.17. The maximum Gasteiger partial charge on any atom is 0.140 e. The predicted molar refractivity (Wildman–Crippen MR) is 137 cm³/mol. The lowest BCUT2D eigenvalue weighted by atomic mass is 10.0. The second-order valence-electron chi connectivity index (χ2n) is 7.79. The molecule has 0 saturated heterocycles. The molecular weight excluding hydrogens is 418 g/mol. The number of nitrogens with two attached hydrogens (primary N) is 1. The Hall–Kier alpha value is -3.44. The van der Waals surface area contributed by atoms with Gasteiger partial charge in [-0.3, -0.25) is 0 Å². The van der Waals surface area contributed by atoms with Gasteiger partial charge in [0.25, 0.3) is 0 Å². The number of fused-ring (bicyclic) bond motifs is 1. The van der Waals surface area contributed by atoms with Crippen molar-refractivity contribution in [1.29, 1.82) is 0 Å². The first-order chi connectivity index (χ1) is 15.3. The molecule has 2 aromatic carbocycles.